The first-order valence-electron chi connectivity index (χ1n) is 7.28. The second-order valence-corrected chi connectivity index (χ2v) is 6.82. The highest BCUT2D eigenvalue weighted by atomic mass is 32.2. The molecule has 1 aliphatic carbocycles. The molecule has 0 saturated heterocycles. The molecule has 2 nitrogen and oxygen atoms in total. The third kappa shape index (κ3) is 2.94. The van der Waals surface area contributed by atoms with Gasteiger partial charge in [0.2, 0.25) is 0 Å². The monoisotopic (exact) mass is 299 g/mol. The molecule has 3 rings (SSSR count). The van der Waals surface area contributed by atoms with Crippen LogP contribution in [0, 0.1) is 6.92 Å². The van der Waals surface area contributed by atoms with E-state index in [1.54, 1.807) is 7.11 Å². The Kier molecular flexibility index (Phi) is 4.22. The fourth-order valence-electron chi connectivity index (χ4n) is 2.95. The maximum Gasteiger partial charge on any atom is 0.119 e. The Morgan fingerprint density at radius 1 is 1.14 bits per heavy atom. The highest BCUT2D eigenvalue weighted by Gasteiger charge is 2.32. The number of nitrogens with one attached hydrogen (secondary N) is 1. The highest BCUT2D eigenvalue weighted by Crippen LogP contribution is 2.42. The average molecular weight is 299 g/mol. The predicted molar refractivity (Wildman–Crippen MR) is 89.3 cm³/mol. The molecule has 0 aliphatic heterocycles. The van der Waals surface area contributed by atoms with Gasteiger partial charge in [-0.05, 0) is 55.8 Å². The van der Waals surface area contributed by atoms with Gasteiger partial charge in [0.25, 0.3) is 0 Å². The van der Waals surface area contributed by atoms with Gasteiger partial charge in [-0.3, -0.25) is 0 Å². The van der Waals surface area contributed by atoms with Gasteiger partial charge < -0.3 is 10.1 Å². The lowest BCUT2D eigenvalue weighted by atomic mass is 10.1. The number of benzene rings is 2. The summed E-state index contributed by atoms with van der Waals surface area (Å²) < 4.78 is 5.36. The molecule has 0 amide bonds. The van der Waals surface area contributed by atoms with Crippen LogP contribution in [0.4, 0.5) is 0 Å². The topological polar surface area (TPSA) is 21.3 Å². The molecule has 0 bridgehead atoms. The fourth-order valence-corrected chi connectivity index (χ4v) is 4.28. The Hall–Kier alpha value is -1.45. The minimum atomic E-state index is 0.376. The van der Waals surface area contributed by atoms with Gasteiger partial charge in [-0.2, -0.15) is 0 Å². The second kappa shape index (κ2) is 6.12. The van der Waals surface area contributed by atoms with E-state index in [-0.39, 0.29) is 0 Å². The molecule has 1 aliphatic rings. The number of hydrogen-bond acceptors (Lipinski definition) is 3. The molecule has 2 aromatic rings. The average Bonchev–Trinajstić information content (AvgIpc) is 2.85. The number of ether oxygens (including phenoxy) is 1. The molecule has 0 fully saturated rings. The van der Waals surface area contributed by atoms with Crippen molar-refractivity contribution in [2.45, 2.75) is 29.5 Å². The van der Waals surface area contributed by atoms with E-state index in [0.717, 1.165) is 12.2 Å². The maximum absolute atomic E-state index is 5.36. The molecular weight excluding hydrogens is 278 g/mol. The highest BCUT2D eigenvalue weighted by molar-refractivity contribution is 8.00. The van der Waals surface area contributed by atoms with Crippen LogP contribution in [0.5, 0.6) is 5.75 Å². The van der Waals surface area contributed by atoms with Crippen molar-refractivity contribution in [2.75, 3.05) is 14.2 Å². The summed E-state index contributed by atoms with van der Waals surface area (Å²) in [6.45, 7) is 2.13. The van der Waals surface area contributed by atoms with Gasteiger partial charge in [0.15, 0.2) is 0 Å². The Bertz CT molecular complexity index is 624. The van der Waals surface area contributed by atoms with Crippen molar-refractivity contribution in [1.29, 1.82) is 0 Å². The van der Waals surface area contributed by atoms with E-state index in [2.05, 4.69) is 54.7 Å². The van der Waals surface area contributed by atoms with Crippen LogP contribution in [0.25, 0.3) is 0 Å². The summed E-state index contributed by atoms with van der Waals surface area (Å²) in [7, 11) is 3.77. The number of rotatable bonds is 4. The first kappa shape index (κ1) is 14.5. The standard InChI is InChI=1S/C18H21NOS/c1-12-4-8-15(9-5-12)21-17-10-13-6-7-14(20-3)11-16(13)18(17)19-2/h4-9,11,17-19H,10H2,1-3H3. The number of hydrogen-bond donors (Lipinski definition) is 1. The summed E-state index contributed by atoms with van der Waals surface area (Å²) in [6, 6.07) is 15.6. The first-order chi connectivity index (χ1) is 10.2. The third-order valence-corrected chi connectivity index (χ3v) is 5.39. The van der Waals surface area contributed by atoms with Crippen LogP contribution >= 0.6 is 11.8 Å². The molecule has 2 aromatic carbocycles. The zero-order valence-corrected chi connectivity index (χ0v) is 13.5. The van der Waals surface area contributed by atoms with E-state index < -0.39 is 0 Å². The van der Waals surface area contributed by atoms with Crippen LogP contribution in [-0.2, 0) is 6.42 Å². The summed E-state index contributed by atoms with van der Waals surface area (Å²) in [5.41, 5.74) is 4.12. The lowest BCUT2D eigenvalue weighted by molar-refractivity contribution is 0.413. The number of aryl methyl sites for hydroxylation is 1. The van der Waals surface area contributed by atoms with Gasteiger partial charge in [-0.1, -0.05) is 23.8 Å². The molecule has 2 unspecified atom stereocenters. The van der Waals surface area contributed by atoms with Crippen LogP contribution in [0.2, 0.25) is 0 Å². The summed E-state index contributed by atoms with van der Waals surface area (Å²) in [4.78, 5) is 1.34. The zero-order chi connectivity index (χ0) is 14.8. The first-order valence-corrected chi connectivity index (χ1v) is 8.16. The minimum Gasteiger partial charge on any atom is -0.497 e. The molecular formula is C18H21NOS. The van der Waals surface area contributed by atoms with Crippen LogP contribution < -0.4 is 10.1 Å². The van der Waals surface area contributed by atoms with Gasteiger partial charge in [0.1, 0.15) is 5.75 Å². The molecule has 0 radical (unpaired) electrons. The Balaban J connectivity index is 1.83. The maximum atomic E-state index is 5.36. The number of methoxy groups -OCH3 is 1. The predicted octanol–water partition coefficient (Wildman–Crippen LogP) is 3.98. The van der Waals surface area contributed by atoms with Crippen LogP contribution in [0.15, 0.2) is 47.4 Å². The van der Waals surface area contributed by atoms with Crippen molar-refractivity contribution in [3.63, 3.8) is 0 Å². The van der Waals surface area contributed by atoms with Gasteiger partial charge in [0.05, 0.1) is 7.11 Å². The van der Waals surface area contributed by atoms with Crippen molar-refractivity contribution in [1.82, 2.24) is 5.32 Å². The molecule has 0 heterocycles. The van der Waals surface area contributed by atoms with Crippen molar-refractivity contribution in [2.24, 2.45) is 0 Å². The summed E-state index contributed by atoms with van der Waals surface area (Å²) in [6.07, 6.45) is 1.10. The molecule has 2 atom stereocenters. The molecule has 1 N–H and O–H groups in total. The zero-order valence-electron chi connectivity index (χ0n) is 12.7. The SMILES string of the molecule is CNC1c2cc(OC)ccc2CC1Sc1ccc(C)cc1. The van der Waals surface area contributed by atoms with Gasteiger partial charge in [-0.25, -0.2) is 0 Å². The second-order valence-electron chi connectivity index (χ2n) is 5.50. The summed E-state index contributed by atoms with van der Waals surface area (Å²) in [5, 5.41) is 4.00. The molecule has 0 spiro atoms. The largest absolute Gasteiger partial charge is 0.497 e. The minimum absolute atomic E-state index is 0.376. The molecule has 3 heteroatoms. The van der Waals surface area contributed by atoms with E-state index in [1.165, 1.54) is 21.6 Å². The van der Waals surface area contributed by atoms with Crippen LogP contribution in [0.3, 0.4) is 0 Å². The van der Waals surface area contributed by atoms with Gasteiger partial charge >= 0.3 is 0 Å². The third-order valence-electron chi connectivity index (χ3n) is 4.10. The quantitative estimate of drug-likeness (QED) is 0.922. The Morgan fingerprint density at radius 2 is 1.90 bits per heavy atom. The van der Waals surface area contributed by atoms with Crippen molar-refractivity contribution < 1.29 is 4.74 Å². The lowest BCUT2D eigenvalue weighted by Crippen LogP contribution is -2.23. The summed E-state index contributed by atoms with van der Waals surface area (Å²) in [5.74, 6) is 0.940. The van der Waals surface area contributed by atoms with Crippen LogP contribution in [0.1, 0.15) is 22.7 Å². The van der Waals surface area contributed by atoms with Crippen molar-refractivity contribution >= 4 is 11.8 Å². The van der Waals surface area contributed by atoms with E-state index in [9.17, 15) is 0 Å². The molecule has 0 aromatic heterocycles. The van der Waals surface area contributed by atoms with Gasteiger partial charge in [0, 0.05) is 16.2 Å². The van der Waals surface area contributed by atoms with Crippen LogP contribution in [-0.4, -0.2) is 19.4 Å². The smallest absolute Gasteiger partial charge is 0.119 e. The van der Waals surface area contributed by atoms with E-state index in [0.29, 0.717) is 11.3 Å². The van der Waals surface area contributed by atoms with Crippen molar-refractivity contribution in [3.05, 3.63) is 59.2 Å². The van der Waals surface area contributed by atoms with Crippen molar-refractivity contribution in [3.8, 4) is 5.75 Å². The molecule has 0 saturated carbocycles. The lowest BCUT2D eigenvalue weighted by Gasteiger charge is -2.19. The Morgan fingerprint density at radius 3 is 2.57 bits per heavy atom. The fraction of sp³-hybridized carbons (Fsp3) is 0.333. The normalized spacial score (nSPS) is 20.3. The van der Waals surface area contributed by atoms with E-state index in [4.69, 9.17) is 4.74 Å². The summed E-state index contributed by atoms with van der Waals surface area (Å²) >= 11 is 1.96. The van der Waals surface area contributed by atoms with E-state index in [1.807, 2.05) is 18.8 Å². The molecule has 110 valence electrons. The number of thioether (sulfide) groups is 1. The molecule has 21 heavy (non-hydrogen) atoms. The van der Waals surface area contributed by atoms with Gasteiger partial charge in [-0.15, -0.1) is 11.8 Å². The number of fused-ring (bicyclic) bond motifs is 1. The Labute approximate surface area is 130 Å². The van der Waals surface area contributed by atoms with E-state index >= 15 is 0 Å².